The zero-order chi connectivity index (χ0) is 19.4. The molecular weight excluding hydrogens is 430 g/mol. The van der Waals surface area contributed by atoms with E-state index in [1.807, 2.05) is 0 Å². The maximum atomic E-state index is 11.6. The van der Waals surface area contributed by atoms with E-state index in [0.717, 1.165) is 0 Å². The van der Waals surface area contributed by atoms with Crippen LogP contribution in [-0.2, 0) is 9.59 Å². The fourth-order valence-corrected chi connectivity index (χ4v) is 2.80. The molecule has 0 saturated carbocycles. The van der Waals surface area contributed by atoms with Crippen LogP contribution in [0.5, 0.6) is 11.5 Å². The Labute approximate surface area is 167 Å². The molecule has 0 bridgehead atoms. The van der Waals surface area contributed by atoms with Crippen molar-refractivity contribution in [3.8, 4) is 11.5 Å². The van der Waals surface area contributed by atoms with Crippen molar-refractivity contribution in [1.29, 1.82) is 0 Å². The molecule has 0 aliphatic rings. The lowest BCUT2D eigenvalue weighted by molar-refractivity contribution is -0.161. The van der Waals surface area contributed by atoms with E-state index in [0.29, 0.717) is 10.0 Å². The van der Waals surface area contributed by atoms with Crippen LogP contribution in [0.25, 0.3) is 0 Å². The number of hydrogen-bond acceptors (Lipinski definition) is 4. The third-order valence-corrected chi connectivity index (χ3v) is 4.12. The van der Waals surface area contributed by atoms with Crippen molar-refractivity contribution in [2.24, 2.45) is 0 Å². The Morgan fingerprint density at radius 1 is 0.731 bits per heavy atom. The van der Waals surface area contributed by atoms with Crippen molar-refractivity contribution in [1.82, 2.24) is 0 Å². The number of aliphatic carboxylic acids is 2. The summed E-state index contributed by atoms with van der Waals surface area (Å²) in [5.74, 6) is -3.29. The van der Waals surface area contributed by atoms with Crippen LogP contribution in [-0.4, -0.2) is 34.4 Å². The molecule has 10 heteroatoms. The van der Waals surface area contributed by atoms with Crippen LogP contribution < -0.4 is 9.47 Å². The van der Waals surface area contributed by atoms with Gasteiger partial charge in [-0.3, -0.25) is 0 Å². The fraction of sp³-hybridized carbons (Fsp3) is 0.125. The summed E-state index contributed by atoms with van der Waals surface area (Å²) in [6, 6.07) is 8.10. The van der Waals surface area contributed by atoms with E-state index >= 15 is 0 Å². The number of carboxylic acid groups (broad SMARTS) is 2. The third kappa shape index (κ3) is 5.08. The molecule has 2 atom stereocenters. The highest BCUT2D eigenvalue weighted by Crippen LogP contribution is 2.31. The van der Waals surface area contributed by atoms with Crippen molar-refractivity contribution < 1.29 is 29.3 Å². The van der Waals surface area contributed by atoms with Crippen molar-refractivity contribution in [2.45, 2.75) is 12.2 Å². The van der Waals surface area contributed by atoms with E-state index in [4.69, 9.17) is 55.9 Å². The minimum absolute atomic E-state index is 0.0115. The number of halogens is 4. The first-order chi connectivity index (χ1) is 12.2. The first kappa shape index (κ1) is 20.5. The Morgan fingerprint density at radius 3 is 1.35 bits per heavy atom. The zero-order valence-electron chi connectivity index (χ0n) is 12.7. The van der Waals surface area contributed by atoms with Crippen molar-refractivity contribution in [2.75, 3.05) is 0 Å². The second-order valence-corrected chi connectivity index (χ2v) is 6.59. The summed E-state index contributed by atoms with van der Waals surface area (Å²) >= 11 is 23.4. The van der Waals surface area contributed by atoms with Gasteiger partial charge in [0.2, 0.25) is 12.2 Å². The second kappa shape index (κ2) is 8.68. The second-order valence-electron chi connectivity index (χ2n) is 4.90. The van der Waals surface area contributed by atoms with Crippen LogP contribution in [0.3, 0.4) is 0 Å². The number of ether oxygens (including phenoxy) is 2. The lowest BCUT2D eigenvalue weighted by atomic mass is 10.2. The Morgan fingerprint density at radius 2 is 1.08 bits per heavy atom. The van der Waals surface area contributed by atoms with Crippen LogP contribution in [0.1, 0.15) is 0 Å². The topological polar surface area (TPSA) is 93.1 Å². The molecule has 2 rings (SSSR count). The van der Waals surface area contributed by atoms with Crippen molar-refractivity contribution in [3.05, 3.63) is 56.5 Å². The van der Waals surface area contributed by atoms with Crippen molar-refractivity contribution >= 4 is 58.3 Å². The molecule has 6 nitrogen and oxygen atoms in total. The number of benzene rings is 2. The maximum absolute atomic E-state index is 11.6. The molecule has 2 aromatic carbocycles. The summed E-state index contributed by atoms with van der Waals surface area (Å²) in [4.78, 5) is 23.1. The normalized spacial score (nSPS) is 12.9. The molecule has 138 valence electrons. The van der Waals surface area contributed by atoms with E-state index in [1.54, 1.807) is 0 Å². The quantitative estimate of drug-likeness (QED) is 0.651. The average molecular weight is 440 g/mol. The van der Waals surface area contributed by atoms with E-state index in [2.05, 4.69) is 0 Å². The molecule has 0 spiro atoms. The lowest BCUT2D eigenvalue weighted by Crippen LogP contribution is -2.47. The summed E-state index contributed by atoms with van der Waals surface area (Å²) < 4.78 is 10.5. The molecule has 0 heterocycles. The summed E-state index contributed by atoms with van der Waals surface area (Å²) in [5, 5.41) is 19.4. The van der Waals surface area contributed by atoms with Gasteiger partial charge >= 0.3 is 11.9 Å². The van der Waals surface area contributed by atoms with Gasteiger partial charge in [0, 0.05) is 10.0 Å². The van der Waals surface area contributed by atoms with Gasteiger partial charge in [-0.2, -0.15) is 0 Å². The molecule has 26 heavy (non-hydrogen) atoms. The molecule has 0 aromatic heterocycles. The summed E-state index contributed by atoms with van der Waals surface area (Å²) in [6.07, 6.45) is -3.84. The Kier molecular flexibility index (Phi) is 6.83. The largest absolute Gasteiger partial charge is 0.478 e. The number of carboxylic acids is 2. The minimum Gasteiger partial charge on any atom is -0.478 e. The zero-order valence-corrected chi connectivity index (χ0v) is 15.7. The summed E-state index contributed by atoms with van der Waals surface area (Å²) in [5.41, 5.74) is 0. The van der Waals surface area contributed by atoms with E-state index in [-0.39, 0.29) is 21.5 Å². The molecule has 0 aliphatic heterocycles. The molecule has 2 N–H and O–H groups in total. The maximum Gasteiger partial charge on any atom is 0.349 e. The van der Waals surface area contributed by atoms with E-state index < -0.39 is 24.1 Å². The molecule has 0 radical (unpaired) electrons. The van der Waals surface area contributed by atoms with Crippen LogP contribution in [0.4, 0.5) is 0 Å². The van der Waals surface area contributed by atoms with Gasteiger partial charge in [-0.1, -0.05) is 46.4 Å². The van der Waals surface area contributed by atoms with Gasteiger partial charge in [-0.05, 0) is 36.4 Å². The highest BCUT2D eigenvalue weighted by Gasteiger charge is 2.39. The molecule has 0 saturated heterocycles. The van der Waals surface area contributed by atoms with Crippen LogP contribution in [0.15, 0.2) is 36.4 Å². The van der Waals surface area contributed by atoms with Gasteiger partial charge in [0.15, 0.2) is 0 Å². The lowest BCUT2D eigenvalue weighted by Gasteiger charge is -2.23. The predicted octanol–water partition coefficient (Wildman–Crippen LogP) is 4.66. The molecule has 0 aliphatic carbocycles. The standard InChI is InChI=1S/C16H10Cl4O6/c17-7-1-3-11(9(19)5-7)25-13(15(21)22)14(16(23)24)26-12-4-2-8(18)6-10(12)20/h1-6,13-14H,(H,21,22)(H,23,24). The van der Waals surface area contributed by atoms with Gasteiger partial charge in [0.25, 0.3) is 0 Å². The van der Waals surface area contributed by atoms with Gasteiger partial charge < -0.3 is 19.7 Å². The fourth-order valence-electron chi connectivity index (χ4n) is 1.90. The van der Waals surface area contributed by atoms with Gasteiger partial charge in [0.1, 0.15) is 11.5 Å². The van der Waals surface area contributed by atoms with Crippen LogP contribution >= 0.6 is 46.4 Å². The van der Waals surface area contributed by atoms with Crippen LogP contribution in [0.2, 0.25) is 20.1 Å². The van der Waals surface area contributed by atoms with Gasteiger partial charge in [-0.15, -0.1) is 0 Å². The molecule has 0 fully saturated rings. The first-order valence-corrected chi connectivity index (χ1v) is 8.39. The third-order valence-electron chi connectivity index (χ3n) is 3.06. The smallest absolute Gasteiger partial charge is 0.349 e. The Hall–Kier alpha value is -1.86. The first-order valence-electron chi connectivity index (χ1n) is 6.88. The number of rotatable bonds is 7. The van der Waals surface area contributed by atoms with Crippen molar-refractivity contribution in [3.63, 3.8) is 0 Å². The summed E-state index contributed by atoms with van der Waals surface area (Å²) in [6.45, 7) is 0. The highest BCUT2D eigenvalue weighted by atomic mass is 35.5. The molecule has 2 unspecified atom stereocenters. The van der Waals surface area contributed by atoms with Crippen LogP contribution in [0, 0.1) is 0 Å². The van der Waals surface area contributed by atoms with Gasteiger partial charge in [0.05, 0.1) is 10.0 Å². The summed E-state index contributed by atoms with van der Waals surface area (Å²) in [7, 11) is 0. The Balaban J connectivity index is 2.33. The molecule has 2 aromatic rings. The Bertz CT molecular complexity index is 772. The van der Waals surface area contributed by atoms with E-state index in [9.17, 15) is 19.8 Å². The SMILES string of the molecule is O=C(O)C(Oc1ccc(Cl)cc1Cl)C(Oc1ccc(Cl)cc1Cl)C(=O)O. The highest BCUT2D eigenvalue weighted by molar-refractivity contribution is 6.36. The predicted molar refractivity (Wildman–Crippen MR) is 97.0 cm³/mol. The number of hydrogen-bond donors (Lipinski definition) is 2. The minimum atomic E-state index is -1.92. The number of carbonyl (C=O) groups is 2. The molecule has 0 amide bonds. The molecular formula is C16H10Cl4O6. The monoisotopic (exact) mass is 438 g/mol. The van der Waals surface area contributed by atoms with Gasteiger partial charge in [-0.25, -0.2) is 9.59 Å². The average Bonchev–Trinajstić information content (AvgIpc) is 2.53. The van der Waals surface area contributed by atoms with E-state index in [1.165, 1.54) is 36.4 Å².